The van der Waals surface area contributed by atoms with E-state index in [4.69, 9.17) is 9.47 Å². The first kappa shape index (κ1) is 24.9. The maximum absolute atomic E-state index is 12.8. The van der Waals surface area contributed by atoms with Crippen molar-refractivity contribution in [2.45, 2.75) is 33.2 Å². The van der Waals surface area contributed by atoms with Crippen molar-refractivity contribution in [1.82, 2.24) is 20.4 Å². The standard InChI is InChI=1S/C23H38N4O4/c1-6-26-10-12-27(13-11-26)9-7-8-24-23(29)21(17(2)3)25-22(28)18-14-19(30-4)16-20(15-18)31-5/h14-17,21H,6-13H2,1-5H3,(H,24,29)(H,25,28). The fraction of sp³-hybridized carbons (Fsp3) is 0.652. The van der Waals surface area contributed by atoms with Crippen molar-refractivity contribution in [2.75, 3.05) is 60.0 Å². The first-order valence-electron chi connectivity index (χ1n) is 11.1. The number of ether oxygens (including phenoxy) is 2. The van der Waals surface area contributed by atoms with Crippen LogP contribution in [0.1, 0.15) is 37.6 Å². The van der Waals surface area contributed by atoms with Gasteiger partial charge in [0.05, 0.1) is 14.2 Å². The van der Waals surface area contributed by atoms with Gasteiger partial charge in [0.1, 0.15) is 17.5 Å². The summed E-state index contributed by atoms with van der Waals surface area (Å²) in [6, 6.07) is 4.35. The maximum Gasteiger partial charge on any atom is 0.252 e. The molecule has 1 aromatic rings. The van der Waals surface area contributed by atoms with E-state index in [0.717, 1.165) is 45.7 Å². The summed E-state index contributed by atoms with van der Waals surface area (Å²) in [6.07, 6.45) is 0.893. The number of carbonyl (C=O) groups excluding carboxylic acids is 2. The fourth-order valence-electron chi connectivity index (χ4n) is 3.65. The molecule has 1 saturated heterocycles. The number of piperazine rings is 1. The van der Waals surface area contributed by atoms with Crippen molar-refractivity contribution >= 4 is 11.8 Å². The molecule has 31 heavy (non-hydrogen) atoms. The van der Waals surface area contributed by atoms with E-state index in [1.54, 1.807) is 18.2 Å². The Morgan fingerprint density at radius 2 is 1.58 bits per heavy atom. The van der Waals surface area contributed by atoms with E-state index in [0.29, 0.717) is 23.6 Å². The van der Waals surface area contributed by atoms with Gasteiger partial charge in [0, 0.05) is 44.4 Å². The number of amides is 2. The summed E-state index contributed by atoms with van der Waals surface area (Å²) in [7, 11) is 3.06. The lowest BCUT2D eigenvalue weighted by Crippen LogP contribution is -2.50. The van der Waals surface area contributed by atoms with Crippen molar-refractivity contribution in [3.8, 4) is 11.5 Å². The summed E-state index contributed by atoms with van der Waals surface area (Å²) in [4.78, 5) is 30.4. The molecule has 174 valence electrons. The molecule has 1 heterocycles. The minimum atomic E-state index is -0.613. The van der Waals surface area contributed by atoms with Crippen molar-refractivity contribution < 1.29 is 19.1 Å². The Labute approximate surface area is 186 Å². The minimum absolute atomic E-state index is 0.0430. The van der Waals surface area contributed by atoms with E-state index in [9.17, 15) is 9.59 Å². The van der Waals surface area contributed by atoms with Gasteiger partial charge < -0.3 is 29.9 Å². The summed E-state index contributed by atoms with van der Waals surface area (Å²) >= 11 is 0. The average Bonchev–Trinajstić information content (AvgIpc) is 2.79. The normalized spacial score (nSPS) is 16.1. The smallest absolute Gasteiger partial charge is 0.252 e. The first-order valence-corrected chi connectivity index (χ1v) is 11.1. The van der Waals surface area contributed by atoms with Gasteiger partial charge in [-0.3, -0.25) is 9.59 Å². The molecule has 0 radical (unpaired) electrons. The molecule has 0 aliphatic carbocycles. The molecule has 0 aromatic heterocycles. The molecule has 2 rings (SSSR count). The zero-order chi connectivity index (χ0) is 22.8. The van der Waals surface area contributed by atoms with Crippen LogP contribution in [0.15, 0.2) is 18.2 Å². The first-order chi connectivity index (χ1) is 14.9. The second-order valence-corrected chi connectivity index (χ2v) is 8.22. The van der Waals surface area contributed by atoms with E-state index in [2.05, 4.69) is 27.4 Å². The minimum Gasteiger partial charge on any atom is -0.497 e. The van der Waals surface area contributed by atoms with Crippen LogP contribution in [0.4, 0.5) is 0 Å². The SMILES string of the molecule is CCN1CCN(CCCNC(=O)C(NC(=O)c2cc(OC)cc(OC)c2)C(C)C)CC1. The molecule has 8 heteroatoms. The Morgan fingerprint density at radius 3 is 2.10 bits per heavy atom. The van der Waals surface area contributed by atoms with E-state index in [-0.39, 0.29) is 17.7 Å². The Morgan fingerprint density at radius 1 is 1.00 bits per heavy atom. The summed E-state index contributed by atoms with van der Waals surface area (Å²) in [5, 5.41) is 5.84. The van der Waals surface area contributed by atoms with Gasteiger partial charge in [0.15, 0.2) is 0 Å². The molecule has 1 aromatic carbocycles. The predicted octanol–water partition coefficient (Wildman–Crippen LogP) is 1.60. The highest BCUT2D eigenvalue weighted by Gasteiger charge is 2.25. The maximum atomic E-state index is 12.8. The Hall–Kier alpha value is -2.32. The average molecular weight is 435 g/mol. The topological polar surface area (TPSA) is 83.1 Å². The van der Waals surface area contributed by atoms with E-state index >= 15 is 0 Å². The molecule has 0 bridgehead atoms. The van der Waals surface area contributed by atoms with Gasteiger partial charge in [0.2, 0.25) is 5.91 Å². The largest absolute Gasteiger partial charge is 0.497 e. The number of methoxy groups -OCH3 is 2. The van der Waals surface area contributed by atoms with Crippen LogP contribution in [0.2, 0.25) is 0 Å². The zero-order valence-electron chi connectivity index (χ0n) is 19.6. The number of nitrogens with zero attached hydrogens (tertiary/aromatic N) is 2. The number of likely N-dealkylation sites (N-methyl/N-ethyl adjacent to an activating group) is 1. The lowest BCUT2D eigenvalue weighted by molar-refractivity contribution is -0.123. The van der Waals surface area contributed by atoms with Crippen molar-refractivity contribution in [3.63, 3.8) is 0 Å². The van der Waals surface area contributed by atoms with Gasteiger partial charge >= 0.3 is 0 Å². The van der Waals surface area contributed by atoms with Gasteiger partial charge in [-0.25, -0.2) is 0 Å². The van der Waals surface area contributed by atoms with Gasteiger partial charge in [0.25, 0.3) is 5.91 Å². The lowest BCUT2D eigenvalue weighted by atomic mass is 10.0. The quantitative estimate of drug-likeness (QED) is 0.515. The van der Waals surface area contributed by atoms with Gasteiger partial charge in [-0.15, -0.1) is 0 Å². The van der Waals surface area contributed by atoms with E-state index < -0.39 is 6.04 Å². The van der Waals surface area contributed by atoms with Crippen LogP contribution in [0, 0.1) is 5.92 Å². The van der Waals surface area contributed by atoms with Crippen molar-refractivity contribution in [2.24, 2.45) is 5.92 Å². The van der Waals surface area contributed by atoms with Gasteiger partial charge in [-0.2, -0.15) is 0 Å². The van der Waals surface area contributed by atoms with Crippen LogP contribution in [-0.2, 0) is 4.79 Å². The van der Waals surface area contributed by atoms with E-state index in [1.807, 2.05) is 13.8 Å². The number of hydrogen-bond donors (Lipinski definition) is 2. The molecule has 1 unspecified atom stereocenters. The highest BCUT2D eigenvalue weighted by atomic mass is 16.5. The number of carbonyl (C=O) groups is 2. The van der Waals surface area contributed by atoms with Crippen LogP contribution in [0.3, 0.4) is 0 Å². The van der Waals surface area contributed by atoms with Crippen LogP contribution < -0.4 is 20.1 Å². The van der Waals surface area contributed by atoms with Gasteiger partial charge in [-0.1, -0.05) is 20.8 Å². The molecule has 0 spiro atoms. The highest BCUT2D eigenvalue weighted by molar-refractivity contribution is 5.98. The molecule has 1 aliphatic heterocycles. The summed E-state index contributed by atoms with van der Waals surface area (Å²) < 4.78 is 10.5. The lowest BCUT2D eigenvalue weighted by Gasteiger charge is -2.34. The summed E-state index contributed by atoms with van der Waals surface area (Å²) in [6.45, 7) is 13.1. The van der Waals surface area contributed by atoms with E-state index in [1.165, 1.54) is 14.2 Å². The fourth-order valence-corrected chi connectivity index (χ4v) is 3.65. The molecule has 1 fully saturated rings. The second kappa shape index (κ2) is 12.5. The Bertz CT molecular complexity index is 695. The number of nitrogens with one attached hydrogen (secondary N) is 2. The molecule has 2 amide bonds. The van der Waals surface area contributed by atoms with Crippen molar-refractivity contribution in [3.05, 3.63) is 23.8 Å². The van der Waals surface area contributed by atoms with Crippen LogP contribution in [-0.4, -0.2) is 87.7 Å². The monoisotopic (exact) mass is 434 g/mol. The van der Waals surface area contributed by atoms with Gasteiger partial charge in [-0.05, 0) is 37.6 Å². The number of rotatable bonds is 11. The molecular weight excluding hydrogens is 396 g/mol. The van der Waals surface area contributed by atoms with Crippen LogP contribution in [0.5, 0.6) is 11.5 Å². The highest BCUT2D eigenvalue weighted by Crippen LogP contribution is 2.22. The van der Waals surface area contributed by atoms with Crippen LogP contribution >= 0.6 is 0 Å². The number of hydrogen-bond acceptors (Lipinski definition) is 6. The molecular formula is C23H38N4O4. The van der Waals surface area contributed by atoms with Crippen molar-refractivity contribution in [1.29, 1.82) is 0 Å². The molecule has 0 saturated carbocycles. The third-order valence-corrected chi connectivity index (χ3v) is 5.71. The predicted molar refractivity (Wildman–Crippen MR) is 122 cm³/mol. The molecule has 1 aliphatic rings. The zero-order valence-corrected chi connectivity index (χ0v) is 19.6. The molecule has 2 N–H and O–H groups in total. The van der Waals surface area contributed by atoms with Crippen LogP contribution in [0.25, 0.3) is 0 Å². The second-order valence-electron chi connectivity index (χ2n) is 8.22. The third-order valence-electron chi connectivity index (χ3n) is 5.71. The third kappa shape index (κ3) is 7.70. The summed E-state index contributed by atoms with van der Waals surface area (Å²) in [5.74, 6) is 0.511. The molecule has 8 nitrogen and oxygen atoms in total. The Balaban J connectivity index is 1.84. The number of benzene rings is 1. The Kier molecular flexibility index (Phi) is 10.1. The molecule has 1 atom stereocenters. The summed E-state index contributed by atoms with van der Waals surface area (Å²) in [5.41, 5.74) is 0.390.